The van der Waals surface area contributed by atoms with Gasteiger partial charge in [-0.05, 0) is 67.5 Å². The summed E-state index contributed by atoms with van der Waals surface area (Å²) in [6, 6.07) is 11.5. The van der Waals surface area contributed by atoms with Crippen LogP contribution >= 0.6 is 12.2 Å². The van der Waals surface area contributed by atoms with Crippen LogP contribution in [0.3, 0.4) is 0 Å². The number of carbonyl (C=O) groups is 1. The van der Waals surface area contributed by atoms with Crippen molar-refractivity contribution in [3.63, 3.8) is 0 Å². The van der Waals surface area contributed by atoms with E-state index in [1.54, 1.807) is 12.3 Å². The Hall–Kier alpha value is -2.53. The van der Waals surface area contributed by atoms with Crippen molar-refractivity contribution >= 4 is 35.0 Å². The van der Waals surface area contributed by atoms with Gasteiger partial charge in [-0.15, -0.1) is 0 Å². The number of anilines is 1. The van der Waals surface area contributed by atoms with Gasteiger partial charge in [-0.2, -0.15) is 0 Å². The van der Waals surface area contributed by atoms with Gasteiger partial charge >= 0.3 is 0 Å². The van der Waals surface area contributed by atoms with Crippen molar-refractivity contribution in [1.82, 2.24) is 10.3 Å². The van der Waals surface area contributed by atoms with Crippen LogP contribution in [0.4, 0.5) is 5.69 Å². The fourth-order valence-corrected chi connectivity index (χ4v) is 2.76. The quantitative estimate of drug-likeness (QED) is 0.684. The largest absolute Gasteiger partial charge is 0.327 e. The van der Waals surface area contributed by atoms with E-state index in [4.69, 9.17) is 12.2 Å². The summed E-state index contributed by atoms with van der Waals surface area (Å²) in [5.41, 5.74) is 4.11. The molecule has 0 atom stereocenters. The number of aromatic nitrogens is 1. The topological polar surface area (TPSA) is 45.2 Å². The number of pyridine rings is 1. The van der Waals surface area contributed by atoms with Crippen molar-refractivity contribution in [1.29, 1.82) is 0 Å². The molecule has 0 bridgehead atoms. The van der Waals surface area contributed by atoms with Gasteiger partial charge in [0.1, 0.15) is 5.70 Å². The molecule has 1 fully saturated rings. The van der Waals surface area contributed by atoms with Crippen molar-refractivity contribution in [2.24, 2.45) is 0 Å². The monoisotopic (exact) mass is 309 g/mol. The van der Waals surface area contributed by atoms with Crippen LogP contribution in [0.5, 0.6) is 0 Å². The van der Waals surface area contributed by atoms with Crippen molar-refractivity contribution in [2.75, 3.05) is 4.90 Å². The summed E-state index contributed by atoms with van der Waals surface area (Å²) in [5, 5.41) is 3.35. The zero-order chi connectivity index (χ0) is 15.7. The summed E-state index contributed by atoms with van der Waals surface area (Å²) < 4.78 is 0. The van der Waals surface area contributed by atoms with E-state index in [9.17, 15) is 4.79 Å². The average Bonchev–Trinajstić information content (AvgIpc) is 2.73. The van der Waals surface area contributed by atoms with Crippen molar-refractivity contribution in [2.45, 2.75) is 13.8 Å². The van der Waals surface area contributed by atoms with Crippen LogP contribution in [0.25, 0.3) is 6.08 Å². The third-order valence-corrected chi connectivity index (χ3v) is 3.61. The number of nitrogens with one attached hydrogen (secondary N) is 1. The number of thiocarbonyl (C=S) groups is 1. The molecule has 0 unspecified atom stereocenters. The minimum atomic E-state index is -0.166. The van der Waals surface area contributed by atoms with Crippen LogP contribution in [0, 0.1) is 13.8 Å². The van der Waals surface area contributed by atoms with E-state index in [0.29, 0.717) is 16.5 Å². The average molecular weight is 309 g/mol. The molecule has 4 nitrogen and oxygen atoms in total. The first-order valence-electron chi connectivity index (χ1n) is 6.91. The molecule has 0 aliphatic carbocycles. The SMILES string of the molecule is Cc1cc(C)cc(N2C(=O)/C(=C/c3ccccn3)NC2=S)c1. The van der Waals surface area contributed by atoms with Crippen molar-refractivity contribution < 1.29 is 4.79 Å². The van der Waals surface area contributed by atoms with Gasteiger partial charge in [0.05, 0.1) is 11.4 Å². The lowest BCUT2D eigenvalue weighted by atomic mass is 10.1. The van der Waals surface area contributed by atoms with Gasteiger partial charge in [-0.3, -0.25) is 14.7 Å². The summed E-state index contributed by atoms with van der Waals surface area (Å²) in [4.78, 5) is 18.3. The van der Waals surface area contributed by atoms with E-state index in [-0.39, 0.29) is 5.91 Å². The van der Waals surface area contributed by atoms with E-state index >= 15 is 0 Å². The molecule has 1 aromatic carbocycles. The summed E-state index contributed by atoms with van der Waals surface area (Å²) >= 11 is 5.31. The Morgan fingerprint density at radius 3 is 2.55 bits per heavy atom. The Morgan fingerprint density at radius 1 is 1.18 bits per heavy atom. The van der Waals surface area contributed by atoms with Crippen LogP contribution < -0.4 is 10.2 Å². The molecule has 2 heterocycles. The smallest absolute Gasteiger partial charge is 0.281 e. The fourth-order valence-electron chi connectivity index (χ4n) is 2.46. The predicted octanol–water partition coefficient (Wildman–Crippen LogP) is 2.96. The number of rotatable bonds is 2. The Bertz CT molecular complexity index is 763. The van der Waals surface area contributed by atoms with Gasteiger partial charge < -0.3 is 5.32 Å². The normalized spacial score (nSPS) is 16.3. The van der Waals surface area contributed by atoms with Gasteiger partial charge in [0.15, 0.2) is 5.11 Å². The van der Waals surface area contributed by atoms with E-state index in [1.165, 1.54) is 4.90 Å². The van der Waals surface area contributed by atoms with Crippen LogP contribution in [0.15, 0.2) is 48.3 Å². The number of hydrogen-bond donors (Lipinski definition) is 1. The Morgan fingerprint density at radius 2 is 1.91 bits per heavy atom. The first-order valence-corrected chi connectivity index (χ1v) is 7.32. The predicted molar refractivity (Wildman–Crippen MR) is 91.3 cm³/mol. The minimum Gasteiger partial charge on any atom is -0.327 e. The Balaban J connectivity index is 1.97. The standard InChI is InChI=1S/C17H15N3OS/c1-11-7-12(2)9-14(8-11)20-16(21)15(19-17(20)22)10-13-5-3-4-6-18-13/h3-10H,1-2H3,(H,19,22)/b15-10-. The molecule has 110 valence electrons. The molecule has 0 saturated carbocycles. The molecule has 3 rings (SSSR count). The summed E-state index contributed by atoms with van der Waals surface area (Å²) in [6.07, 6.45) is 3.39. The maximum Gasteiger partial charge on any atom is 0.281 e. The highest BCUT2D eigenvalue weighted by Crippen LogP contribution is 2.24. The van der Waals surface area contributed by atoms with Gasteiger partial charge in [0.2, 0.25) is 0 Å². The molecule has 0 radical (unpaired) electrons. The van der Waals surface area contributed by atoms with Gasteiger partial charge in [0, 0.05) is 6.20 Å². The molecular formula is C17H15N3OS. The number of nitrogens with zero attached hydrogens (tertiary/aromatic N) is 2. The molecule has 0 spiro atoms. The van der Waals surface area contributed by atoms with E-state index in [2.05, 4.69) is 16.4 Å². The lowest BCUT2D eigenvalue weighted by molar-refractivity contribution is -0.113. The molecule has 1 saturated heterocycles. The van der Waals surface area contributed by atoms with E-state index in [1.807, 2.05) is 44.2 Å². The highest BCUT2D eigenvalue weighted by molar-refractivity contribution is 7.80. The summed E-state index contributed by atoms with van der Waals surface area (Å²) in [6.45, 7) is 4.00. The summed E-state index contributed by atoms with van der Waals surface area (Å²) in [7, 11) is 0. The van der Waals surface area contributed by atoms with E-state index in [0.717, 1.165) is 16.8 Å². The highest BCUT2D eigenvalue weighted by Gasteiger charge is 2.32. The molecule has 1 aliphatic rings. The molecular weight excluding hydrogens is 294 g/mol. The maximum atomic E-state index is 12.6. The highest BCUT2D eigenvalue weighted by atomic mass is 32.1. The Kier molecular flexibility index (Phi) is 3.73. The van der Waals surface area contributed by atoms with Crippen LogP contribution in [0.2, 0.25) is 0 Å². The zero-order valence-electron chi connectivity index (χ0n) is 12.3. The molecule has 22 heavy (non-hydrogen) atoms. The first kappa shape index (κ1) is 14.4. The third-order valence-electron chi connectivity index (χ3n) is 3.32. The van der Waals surface area contributed by atoms with Gasteiger partial charge in [-0.25, -0.2) is 0 Å². The molecule has 5 heteroatoms. The zero-order valence-corrected chi connectivity index (χ0v) is 13.1. The number of amides is 1. The molecule has 1 aromatic heterocycles. The molecule has 1 amide bonds. The lowest BCUT2D eigenvalue weighted by Gasteiger charge is -2.15. The third kappa shape index (κ3) is 2.76. The number of carbonyl (C=O) groups excluding carboxylic acids is 1. The molecule has 1 N–H and O–H groups in total. The number of hydrogen-bond acceptors (Lipinski definition) is 3. The van der Waals surface area contributed by atoms with Gasteiger partial charge in [-0.1, -0.05) is 12.1 Å². The lowest BCUT2D eigenvalue weighted by Crippen LogP contribution is -2.30. The fraction of sp³-hybridized carbons (Fsp3) is 0.118. The van der Waals surface area contributed by atoms with Gasteiger partial charge in [0.25, 0.3) is 5.91 Å². The number of aryl methyl sites for hydroxylation is 2. The molecule has 1 aliphatic heterocycles. The first-order chi connectivity index (χ1) is 10.5. The van der Waals surface area contributed by atoms with Crippen LogP contribution in [-0.4, -0.2) is 16.0 Å². The van der Waals surface area contributed by atoms with Crippen LogP contribution in [0.1, 0.15) is 16.8 Å². The maximum absolute atomic E-state index is 12.6. The van der Waals surface area contributed by atoms with E-state index < -0.39 is 0 Å². The second-order valence-electron chi connectivity index (χ2n) is 5.23. The summed E-state index contributed by atoms with van der Waals surface area (Å²) in [5.74, 6) is -0.166. The molecule has 2 aromatic rings. The van der Waals surface area contributed by atoms with Crippen molar-refractivity contribution in [3.05, 3.63) is 65.1 Å². The second kappa shape index (κ2) is 5.69. The number of benzene rings is 1. The van der Waals surface area contributed by atoms with Crippen molar-refractivity contribution in [3.8, 4) is 0 Å². The second-order valence-corrected chi connectivity index (χ2v) is 5.62. The van der Waals surface area contributed by atoms with Crippen LogP contribution in [-0.2, 0) is 4.79 Å². The minimum absolute atomic E-state index is 0.166. The Labute approximate surface area is 134 Å².